The van der Waals surface area contributed by atoms with E-state index in [9.17, 15) is 9.59 Å². The molecule has 2 rings (SSSR count). The van der Waals surface area contributed by atoms with Gasteiger partial charge in [-0.2, -0.15) is 0 Å². The molecule has 0 radical (unpaired) electrons. The molecule has 0 spiro atoms. The van der Waals surface area contributed by atoms with Crippen molar-refractivity contribution < 1.29 is 14.3 Å². The van der Waals surface area contributed by atoms with Crippen LogP contribution in [0.5, 0.6) is 0 Å². The van der Waals surface area contributed by atoms with Crippen molar-refractivity contribution >= 4 is 23.2 Å². The Hall–Kier alpha value is -1.44. The van der Waals surface area contributed by atoms with Crippen molar-refractivity contribution in [1.29, 1.82) is 0 Å². The van der Waals surface area contributed by atoms with Gasteiger partial charge in [0.1, 0.15) is 0 Å². The first kappa shape index (κ1) is 17.9. The summed E-state index contributed by atoms with van der Waals surface area (Å²) in [5.41, 5.74) is 0. The molecule has 2 N–H and O–H groups in total. The highest BCUT2D eigenvalue weighted by Gasteiger charge is 2.21. The molecule has 0 aromatic carbocycles. The van der Waals surface area contributed by atoms with Crippen LogP contribution in [0.15, 0.2) is 17.5 Å². The summed E-state index contributed by atoms with van der Waals surface area (Å²) in [6.45, 7) is 8.37. The van der Waals surface area contributed by atoms with E-state index in [4.69, 9.17) is 4.74 Å². The Morgan fingerprint density at radius 1 is 1.43 bits per heavy atom. The third kappa shape index (κ3) is 6.29. The fourth-order valence-electron chi connectivity index (χ4n) is 2.53. The van der Waals surface area contributed by atoms with E-state index in [-0.39, 0.29) is 24.5 Å². The molecule has 1 aromatic heterocycles. The summed E-state index contributed by atoms with van der Waals surface area (Å²) in [4.78, 5) is 26.6. The molecule has 1 aliphatic heterocycles. The molecule has 0 aliphatic carbocycles. The number of morpholine rings is 1. The Morgan fingerprint density at radius 2 is 2.26 bits per heavy atom. The van der Waals surface area contributed by atoms with Crippen molar-refractivity contribution in [2.24, 2.45) is 5.92 Å². The van der Waals surface area contributed by atoms with E-state index in [1.165, 1.54) is 11.3 Å². The molecule has 1 aromatic rings. The minimum atomic E-state index is -0.216. The Bertz CT molecular complexity index is 505. The van der Waals surface area contributed by atoms with E-state index in [1.54, 1.807) is 6.07 Å². The highest BCUT2D eigenvalue weighted by Crippen LogP contribution is 2.08. The van der Waals surface area contributed by atoms with E-state index in [1.807, 2.05) is 11.4 Å². The van der Waals surface area contributed by atoms with Gasteiger partial charge in [-0.15, -0.1) is 11.3 Å². The van der Waals surface area contributed by atoms with E-state index in [0.29, 0.717) is 23.9 Å². The lowest BCUT2D eigenvalue weighted by Gasteiger charge is -2.33. The molecule has 23 heavy (non-hydrogen) atoms. The van der Waals surface area contributed by atoms with Crippen molar-refractivity contribution in [2.45, 2.75) is 20.0 Å². The van der Waals surface area contributed by atoms with Crippen LogP contribution < -0.4 is 10.6 Å². The molecule has 2 amide bonds. The molecule has 0 saturated carbocycles. The number of nitrogens with zero attached hydrogens (tertiary/aromatic N) is 1. The Labute approximate surface area is 141 Å². The predicted octanol–water partition coefficient (Wildman–Crippen LogP) is 0.951. The monoisotopic (exact) mass is 339 g/mol. The van der Waals surface area contributed by atoms with Crippen molar-refractivity contribution in [3.8, 4) is 0 Å². The minimum absolute atomic E-state index is 0.0134. The zero-order valence-corrected chi connectivity index (χ0v) is 14.5. The summed E-state index contributed by atoms with van der Waals surface area (Å²) in [6, 6.07) is 3.54. The second-order valence-electron chi connectivity index (χ2n) is 6.11. The lowest BCUT2D eigenvalue weighted by molar-refractivity contribution is -0.121. The van der Waals surface area contributed by atoms with E-state index >= 15 is 0 Å². The van der Waals surface area contributed by atoms with Crippen molar-refractivity contribution in [2.75, 3.05) is 39.3 Å². The number of rotatable bonds is 7. The SMILES string of the molecule is CC(C)CN1CCOC(CNC(=O)CNC(=O)c2cccs2)C1. The fourth-order valence-corrected chi connectivity index (χ4v) is 3.17. The van der Waals surface area contributed by atoms with Gasteiger partial charge in [-0.1, -0.05) is 19.9 Å². The van der Waals surface area contributed by atoms with Gasteiger partial charge in [0.05, 0.1) is 24.1 Å². The van der Waals surface area contributed by atoms with E-state index < -0.39 is 0 Å². The van der Waals surface area contributed by atoms with Gasteiger partial charge in [-0.05, 0) is 17.4 Å². The zero-order valence-electron chi connectivity index (χ0n) is 13.7. The molecular weight excluding hydrogens is 314 g/mol. The van der Waals surface area contributed by atoms with Crippen LogP contribution >= 0.6 is 11.3 Å². The van der Waals surface area contributed by atoms with Crippen LogP contribution in [0.25, 0.3) is 0 Å². The van der Waals surface area contributed by atoms with Crippen molar-refractivity contribution in [3.63, 3.8) is 0 Å². The number of ether oxygens (including phenoxy) is 1. The number of hydrogen-bond donors (Lipinski definition) is 2. The molecule has 2 heterocycles. The van der Waals surface area contributed by atoms with E-state index in [2.05, 4.69) is 29.4 Å². The van der Waals surface area contributed by atoms with Gasteiger partial charge in [0.15, 0.2) is 0 Å². The molecule has 7 heteroatoms. The third-order valence-electron chi connectivity index (χ3n) is 3.53. The van der Waals surface area contributed by atoms with E-state index in [0.717, 1.165) is 19.6 Å². The predicted molar refractivity (Wildman–Crippen MR) is 90.7 cm³/mol. The molecule has 1 fully saturated rings. The van der Waals surface area contributed by atoms with Gasteiger partial charge >= 0.3 is 0 Å². The van der Waals surface area contributed by atoms with Crippen LogP contribution in [0.2, 0.25) is 0 Å². The molecule has 1 saturated heterocycles. The Balaban J connectivity index is 1.65. The first-order valence-corrected chi connectivity index (χ1v) is 8.85. The van der Waals surface area contributed by atoms with Crippen LogP contribution in [0, 0.1) is 5.92 Å². The van der Waals surface area contributed by atoms with Gasteiger partial charge in [0, 0.05) is 26.2 Å². The maximum Gasteiger partial charge on any atom is 0.261 e. The van der Waals surface area contributed by atoms with Crippen LogP contribution in [0.3, 0.4) is 0 Å². The fraction of sp³-hybridized carbons (Fsp3) is 0.625. The first-order valence-electron chi connectivity index (χ1n) is 7.97. The smallest absolute Gasteiger partial charge is 0.261 e. The van der Waals surface area contributed by atoms with Crippen LogP contribution in [-0.2, 0) is 9.53 Å². The summed E-state index contributed by atoms with van der Waals surface area (Å²) in [5, 5.41) is 7.27. The molecule has 128 valence electrons. The van der Waals surface area contributed by atoms with Gasteiger partial charge < -0.3 is 15.4 Å². The average molecular weight is 339 g/mol. The average Bonchev–Trinajstić information content (AvgIpc) is 3.05. The van der Waals surface area contributed by atoms with Gasteiger partial charge in [-0.25, -0.2) is 0 Å². The topological polar surface area (TPSA) is 70.7 Å². The van der Waals surface area contributed by atoms with Gasteiger partial charge in [-0.3, -0.25) is 14.5 Å². The summed E-state index contributed by atoms with van der Waals surface area (Å²) < 4.78 is 5.68. The van der Waals surface area contributed by atoms with Gasteiger partial charge in [0.2, 0.25) is 5.91 Å². The number of carbonyl (C=O) groups excluding carboxylic acids is 2. The molecule has 1 aliphatic rings. The number of carbonyl (C=O) groups is 2. The molecule has 1 atom stereocenters. The number of thiophene rings is 1. The lowest BCUT2D eigenvalue weighted by Crippen LogP contribution is -2.49. The molecule has 1 unspecified atom stereocenters. The van der Waals surface area contributed by atoms with Crippen molar-refractivity contribution in [1.82, 2.24) is 15.5 Å². The van der Waals surface area contributed by atoms with Crippen molar-refractivity contribution in [3.05, 3.63) is 22.4 Å². The number of amides is 2. The Kier molecular flexibility index (Phi) is 7.01. The maximum absolute atomic E-state index is 11.8. The Morgan fingerprint density at radius 3 is 2.96 bits per heavy atom. The quantitative estimate of drug-likeness (QED) is 0.776. The largest absolute Gasteiger partial charge is 0.374 e. The number of nitrogens with one attached hydrogen (secondary N) is 2. The summed E-state index contributed by atoms with van der Waals surface area (Å²) in [6.07, 6.45) is 0.0134. The standard InChI is InChI=1S/C16H25N3O3S/c1-12(2)10-19-5-6-22-13(11-19)8-17-15(20)9-18-16(21)14-4-3-7-23-14/h3-4,7,12-13H,5-6,8-11H2,1-2H3,(H,17,20)(H,18,21). The number of hydrogen-bond acceptors (Lipinski definition) is 5. The van der Waals surface area contributed by atoms with Gasteiger partial charge in [0.25, 0.3) is 5.91 Å². The summed E-state index contributed by atoms with van der Waals surface area (Å²) in [5.74, 6) is 0.211. The van der Waals surface area contributed by atoms with Crippen LogP contribution in [0.4, 0.5) is 0 Å². The van der Waals surface area contributed by atoms with Crippen LogP contribution in [0.1, 0.15) is 23.5 Å². The minimum Gasteiger partial charge on any atom is -0.374 e. The highest BCUT2D eigenvalue weighted by atomic mass is 32.1. The second kappa shape index (κ2) is 9.00. The second-order valence-corrected chi connectivity index (χ2v) is 7.06. The lowest BCUT2D eigenvalue weighted by atomic mass is 10.2. The third-order valence-corrected chi connectivity index (χ3v) is 4.40. The maximum atomic E-state index is 11.8. The molecule has 0 bridgehead atoms. The zero-order chi connectivity index (χ0) is 16.7. The normalized spacial score (nSPS) is 18.8. The van der Waals surface area contributed by atoms with Crippen LogP contribution in [-0.4, -0.2) is 62.1 Å². The molecular formula is C16H25N3O3S. The molecule has 6 nitrogen and oxygen atoms in total. The highest BCUT2D eigenvalue weighted by molar-refractivity contribution is 7.12. The first-order chi connectivity index (χ1) is 11.0. The summed E-state index contributed by atoms with van der Waals surface area (Å²) in [7, 11) is 0. The summed E-state index contributed by atoms with van der Waals surface area (Å²) >= 11 is 1.35.